The third-order valence-electron chi connectivity index (χ3n) is 4.44. The molecular weight excluding hydrogens is 343 g/mol. The minimum absolute atomic E-state index is 0.137. The molecule has 118 valence electrons. The normalized spacial score (nSPS) is 18.9. The van der Waals surface area contributed by atoms with E-state index in [9.17, 15) is 9.90 Å². The van der Waals surface area contributed by atoms with Crippen molar-refractivity contribution in [1.82, 2.24) is 0 Å². The number of carbonyl (C=O) groups is 1. The molecule has 1 N–H and O–H groups in total. The Labute approximate surface area is 149 Å². The van der Waals surface area contributed by atoms with Crippen molar-refractivity contribution < 1.29 is 9.90 Å². The van der Waals surface area contributed by atoms with E-state index in [1.165, 1.54) is 0 Å². The van der Waals surface area contributed by atoms with Gasteiger partial charge < -0.3 is 5.11 Å². The van der Waals surface area contributed by atoms with Crippen LogP contribution in [0.4, 0.5) is 0 Å². The predicted molar refractivity (Wildman–Crippen MR) is 94.9 cm³/mol. The van der Waals surface area contributed by atoms with Crippen LogP contribution in [0.3, 0.4) is 0 Å². The van der Waals surface area contributed by atoms with Gasteiger partial charge in [0, 0.05) is 32.3 Å². The lowest BCUT2D eigenvalue weighted by molar-refractivity contribution is 0.0949. The summed E-state index contributed by atoms with van der Waals surface area (Å²) in [4.78, 5) is 12.8. The van der Waals surface area contributed by atoms with Crippen molar-refractivity contribution in [3.05, 3.63) is 105 Å². The molecule has 3 aromatic rings. The number of aliphatic hydroxyl groups is 1. The number of hydrogen-bond donors (Lipinski definition) is 1. The van der Waals surface area contributed by atoms with Gasteiger partial charge in [0.05, 0.1) is 0 Å². The second kappa shape index (κ2) is 5.45. The first-order chi connectivity index (χ1) is 11.5. The fourth-order valence-corrected chi connectivity index (χ4v) is 3.61. The largest absolute Gasteiger partial charge is 0.376 e. The molecule has 0 heterocycles. The topological polar surface area (TPSA) is 37.3 Å². The van der Waals surface area contributed by atoms with Gasteiger partial charge in [-0.3, -0.25) is 4.79 Å². The van der Waals surface area contributed by atoms with Crippen molar-refractivity contribution in [2.75, 3.05) is 0 Å². The van der Waals surface area contributed by atoms with E-state index in [0.29, 0.717) is 37.9 Å². The molecular formula is C20H12Cl2O2. The molecule has 4 heteroatoms. The van der Waals surface area contributed by atoms with Crippen LogP contribution < -0.4 is 0 Å². The lowest BCUT2D eigenvalue weighted by Gasteiger charge is -2.36. The monoisotopic (exact) mass is 354 g/mol. The van der Waals surface area contributed by atoms with Crippen molar-refractivity contribution >= 4 is 29.0 Å². The maximum atomic E-state index is 12.8. The van der Waals surface area contributed by atoms with Crippen molar-refractivity contribution in [3.8, 4) is 0 Å². The summed E-state index contributed by atoms with van der Waals surface area (Å²) in [5, 5.41) is 12.7. The van der Waals surface area contributed by atoms with Gasteiger partial charge in [0.2, 0.25) is 0 Å². The smallest absolute Gasteiger partial charge is 0.193 e. The van der Waals surface area contributed by atoms with Crippen LogP contribution in [-0.2, 0) is 5.60 Å². The molecule has 1 aliphatic rings. The van der Waals surface area contributed by atoms with Crippen LogP contribution in [0.15, 0.2) is 66.7 Å². The molecule has 0 aromatic heterocycles. The number of benzene rings is 3. The number of fused-ring (bicyclic) bond motifs is 2. The molecule has 1 aliphatic carbocycles. The second-order valence-corrected chi connectivity index (χ2v) is 6.65. The molecule has 0 saturated carbocycles. The van der Waals surface area contributed by atoms with E-state index in [4.69, 9.17) is 23.2 Å². The highest BCUT2D eigenvalue weighted by atomic mass is 35.5. The third-order valence-corrected chi connectivity index (χ3v) is 4.93. The first-order valence-corrected chi connectivity index (χ1v) is 8.20. The van der Waals surface area contributed by atoms with E-state index >= 15 is 0 Å². The molecule has 0 spiro atoms. The fraction of sp³-hybridized carbons (Fsp3) is 0.0500. The van der Waals surface area contributed by atoms with Crippen LogP contribution in [-0.4, -0.2) is 10.9 Å². The summed E-state index contributed by atoms with van der Waals surface area (Å²) in [7, 11) is 0. The summed E-state index contributed by atoms with van der Waals surface area (Å²) in [6, 6.07) is 19.1. The quantitative estimate of drug-likeness (QED) is 0.679. The summed E-state index contributed by atoms with van der Waals surface area (Å²) in [6.07, 6.45) is 0. The summed E-state index contributed by atoms with van der Waals surface area (Å²) < 4.78 is 0. The van der Waals surface area contributed by atoms with Gasteiger partial charge in [0.15, 0.2) is 5.78 Å². The lowest BCUT2D eigenvalue weighted by Crippen LogP contribution is -2.36. The van der Waals surface area contributed by atoms with Gasteiger partial charge >= 0.3 is 0 Å². The Morgan fingerprint density at radius 2 is 1.38 bits per heavy atom. The Hall–Kier alpha value is -2.13. The molecule has 0 fully saturated rings. The lowest BCUT2D eigenvalue weighted by atomic mass is 9.71. The van der Waals surface area contributed by atoms with Crippen LogP contribution in [0.5, 0.6) is 0 Å². The molecule has 0 unspecified atom stereocenters. The molecule has 0 saturated heterocycles. The summed E-state index contributed by atoms with van der Waals surface area (Å²) in [5.74, 6) is -0.137. The third kappa shape index (κ3) is 2.11. The van der Waals surface area contributed by atoms with E-state index in [2.05, 4.69) is 0 Å². The maximum absolute atomic E-state index is 12.8. The molecule has 1 atom stereocenters. The molecule has 0 bridgehead atoms. The van der Waals surface area contributed by atoms with Gasteiger partial charge in [-0.2, -0.15) is 0 Å². The van der Waals surface area contributed by atoms with Crippen molar-refractivity contribution in [1.29, 1.82) is 0 Å². The van der Waals surface area contributed by atoms with E-state index in [1.807, 2.05) is 6.07 Å². The standard InChI is InChI=1S/C20H12Cl2O2/c21-13-7-5-12(6-8-13)20(24)17-4-2-1-3-15(17)19(23)16-11-14(22)9-10-18(16)20/h1-11,24H/t20-/m0/s1. The van der Waals surface area contributed by atoms with Crippen LogP contribution in [0, 0.1) is 0 Å². The van der Waals surface area contributed by atoms with Crippen LogP contribution in [0.1, 0.15) is 32.6 Å². The van der Waals surface area contributed by atoms with E-state index in [1.54, 1.807) is 60.7 Å². The van der Waals surface area contributed by atoms with Gasteiger partial charge in [-0.1, -0.05) is 65.7 Å². The van der Waals surface area contributed by atoms with Gasteiger partial charge in [-0.15, -0.1) is 0 Å². The average molecular weight is 355 g/mol. The first-order valence-electron chi connectivity index (χ1n) is 7.44. The molecule has 4 rings (SSSR count). The number of ketones is 1. The minimum atomic E-state index is -1.44. The van der Waals surface area contributed by atoms with Crippen molar-refractivity contribution in [2.45, 2.75) is 5.60 Å². The van der Waals surface area contributed by atoms with Gasteiger partial charge in [-0.25, -0.2) is 0 Å². The molecule has 0 aliphatic heterocycles. The highest BCUT2D eigenvalue weighted by Crippen LogP contribution is 2.45. The maximum Gasteiger partial charge on any atom is 0.193 e. The minimum Gasteiger partial charge on any atom is -0.376 e. The second-order valence-electron chi connectivity index (χ2n) is 5.78. The molecule has 0 amide bonds. The average Bonchev–Trinajstić information content (AvgIpc) is 2.60. The Balaban J connectivity index is 2.09. The first kappa shape index (κ1) is 15.4. The summed E-state index contributed by atoms with van der Waals surface area (Å²) >= 11 is 12.1. The number of hydrogen-bond acceptors (Lipinski definition) is 2. The Bertz CT molecular complexity index is 964. The predicted octanol–water partition coefficient (Wildman–Crippen LogP) is 4.82. The Morgan fingerprint density at radius 3 is 2.12 bits per heavy atom. The zero-order valence-electron chi connectivity index (χ0n) is 12.5. The Kier molecular flexibility index (Phi) is 3.50. The van der Waals surface area contributed by atoms with Crippen molar-refractivity contribution in [2.24, 2.45) is 0 Å². The van der Waals surface area contributed by atoms with Crippen molar-refractivity contribution in [3.63, 3.8) is 0 Å². The number of carbonyl (C=O) groups excluding carboxylic acids is 1. The fourth-order valence-electron chi connectivity index (χ4n) is 3.31. The van der Waals surface area contributed by atoms with Gasteiger partial charge in [0.1, 0.15) is 5.60 Å². The molecule has 24 heavy (non-hydrogen) atoms. The van der Waals surface area contributed by atoms with Crippen LogP contribution >= 0.6 is 23.2 Å². The van der Waals surface area contributed by atoms with Gasteiger partial charge in [0.25, 0.3) is 0 Å². The SMILES string of the molecule is O=C1c2ccccc2[C@@](O)(c2ccc(Cl)cc2)c2ccc(Cl)cc21. The van der Waals surface area contributed by atoms with Crippen LogP contribution in [0.2, 0.25) is 10.0 Å². The molecule has 0 radical (unpaired) electrons. The highest BCUT2D eigenvalue weighted by Gasteiger charge is 2.43. The van der Waals surface area contributed by atoms with E-state index in [-0.39, 0.29) is 5.78 Å². The molecule has 2 nitrogen and oxygen atoms in total. The van der Waals surface area contributed by atoms with E-state index < -0.39 is 5.60 Å². The van der Waals surface area contributed by atoms with Gasteiger partial charge in [-0.05, 0) is 29.8 Å². The molecule has 3 aromatic carbocycles. The zero-order chi connectivity index (χ0) is 16.9. The zero-order valence-corrected chi connectivity index (χ0v) is 14.0. The number of halogens is 2. The highest BCUT2D eigenvalue weighted by molar-refractivity contribution is 6.31. The number of rotatable bonds is 1. The van der Waals surface area contributed by atoms with Crippen LogP contribution in [0.25, 0.3) is 0 Å². The Morgan fingerprint density at radius 1 is 0.750 bits per heavy atom. The van der Waals surface area contributed by atoms with E-state index in [0.717, 1.165) is 0 Å². The summed E-state index contributed by atoms with van der Waals surface area (Å²) in [5.41, 5.74) is 1.19. The summed E-state index contributed by atoms with van der Waals surface area (Å²) in [6.45, 7) is 0.